The van der Waals surface area contributed by atoms with Crippen molar-refractivity contribution < 1.29 is 18.7 Å². The monoisotopic (exact) mass is 267 g/mol. The Morgan fingerprint density at radius 3 is 1.95 bits per heavy atom. The lowest BCUT2D eigenvalue weighted by atomic mass is 9.93. The summed E-state index contributed by atoms with van der Waals surface area (Å²) in [6, 6.07) is 5.16. The van der Waals surface area contributed by atoms with Crippen LogP contribution in [0, 0.1) is 11.2 Å². The van der Waals surface area contributed by atoms with E-state index in [1.807, 2.05) is 0 Å². The number of ether oxygens (including phenoxy) is 1. The second-order valence-corrected chi connectivity index (χ2v) is 5.64. The standard InChI is InChI=1S/C14H18FNO3/c1-13(2,3)11(17)19-12(18)14(4,16)9-5-7-10(15)8-6-9/h5-8H,16H2,1-4H3. The maximum absolute atomic E-state index is 12.8. The minimum Gasteiger partial charge on any atom is -0.391 e. The highest BCUT2D eigenvalue weighted by molar-refractivity contribution is 5.93. The van der Waals surface area contributed by atoms with Crippen LogP contribution in [-0.4, -0.2) is 11.9 Å². The van der Waals surface area contributed by atoms with Gasteiger partial charge >= 0.3 is 11.9 Å². The second-order valence-electron chi connectivity index (χ2n) is 5.64. The third-order valence-corrected chi connectivity index (χ3v) is 2.67. The van der Waals surface area contributed by atoms with Gasteiger partial charge in [-0.1, -0.05) is 12.1 Å². The van der Waals surface area contributed by atoms with Crippen LogP contribution < -0.4 is 5.73 Å². The summed E-state index contributed by atoms with van der Waals surface area (Å²) in [5, 5.41) is 0. The topological polar surface area (TPSA) is 69.4 Å². The zero-order valence-corrected chi connectivity index (χ0v) is 11.5. The lowest BCUT2D eigenvalue weighted by Crippen LogP contribution is -2.45. The van der Waals surface area contributed by atoms with E-state index in [1.165, 1.54) is 31.2 Å². The van der Waals surface area contributed by atoms with Gasteiger partial charge in [-0.05, 0) is 45.4 Å². The summed E-state index contributed by atoms with van der Waals surface area (Å²) in [4.78, 5) is 23.6. The molecule has 0 aromatic heterocycles. The Bertz CT molecular complexity index is 486. The molecule has 0 amide bonds. The average Bonchev–Trinajstić information content (AvgIpc) is 2.28. The van der Waals surface area contributed by atoms with Crippen LogP contribution in [0.15, 0.2) is 24.3 Å². The fourth-order valence-corrected chi connectivity index (χ4v) is 1.26. The van der Waals surface area contributed by atoms with E-state index in [0.29, 0.717) is 5.56 Å². The van der Waals surface area contributed by atoms with Gasteiger partial charge in [-0.3, -0.25) is 4.79 Å². The molecule has 0 fully saturated rings. The quantitative estimate of drug-likeness (QED) is 0.658. The first-order valence-corrected chi connectivity index (χ1v) is 5.87. The molecule has 1 aromatic carbocycles. The van der Waals surface area contributed by atoms with Crippen molar-refractivity contribution in [3.8, 4) is 0 Å². The number of hydrogen-bond acceptors (Lipinski definition) is 4. The lowest BCUT2D eigenvalue weighted by molar-refractivity contribution is -0.169. The molecule has 1 atom stereocenters. The molecule has 0 radical (unpaired) electrons. The van der Waals surface area contributed by atoms with Crippen LogP contribution in [-0.2, 0) is 19.9 Å². The van der Waals surface area contributed by atoms with Crippen LogP contribution in [0.1, 0.15) is 33.3 Å². The van der Waals surface area contributed by atoms with Gasteiger partial charge in [-0.25, -0.2) is 9.18 Å². The predicted molar refractivity (Wildman–Crippen MR) is 68.5 cm³/mol. The Labute approximate surface area is 111 Å². The number of carbonyl (C=O) groups is 2. The molecule has 4 nitrogen and oxygen atoms in total. The molecule has 104 valence electrons. The largest absolute Gasteiger partial charge is 0.391 e. The van der Waals surface area contributed by atoms with E-state index in [9.17, 15) is 14.0 Å². The number of carbonyl (C=O) groups excluding carboxylic acids is 2. The van der Waals surface area contributed by atoms with E-state index < -0.39 is 28.7 Å². The van der Waals surface area contributed by atoms with Gasteiger partial charge in [0, 0.05) is 0 Å². The highest BCUT2D eigenvalue weighted by Gasteiger charge is 2.36. The molecule has 5 heteroatoms. The zero-order chi connectivity index (χ0) is 14.8. The number of nitrogens with two attached hydrogens (primary N) is 1. The number of rotatable bonds is 2. The van der Waals surface area contributed by atoms with Crippen molar-refractivity contribution in [3.05, 3.63) is 35.6 Å². The molecule has 0 aliphatic carbocycles. The van der Waals surface area contributed by atoms with Gasteiger partial charge in [0.15, 0.2) is 0 Å². The second kappa shape index (κ2) is 5.09. The minimum atomic E-state index is -1.51. The summed E-state index contributed by atoms with van der Waals surface area (Å²) in [5.41, 5.74) is 3.95. The molecular formula is C14H18FNO3. The van der Waals surface area contributed by atoms with Gasteiger partial charge < -0.3 is 10.5 Å². The number of esters is 2. The van der Waals surface area contributed by atoms with E-state index in [-0.39, 0.29) is 0 Å². The number of halogens is 1. The third kappa shape index (κ3) is 3.61. The van der Waals surface area contributed by atoms with Gasteiger partial charge in [0.2, 0.25) is 0 Å². The smallest absolute Gasteiger partial charge is 0.338 e. The van der Waals surface area contributed by atoms with E-state index in [0.717, 1.165) is 0 Å². The van der Waals surface area contributed by atoms with Crippen LogP contribution in [0.25, 0.3) is 0 Å². The van der Waals surface area contributed by atoms with E-state index in [2.05, 4.69) is 0 Å². The van der Waals surface area contributed by atoms with Crippen molar-refractivity contribution in [2.45, 2.75) is 33.2 Å². The number of hydrogen-bond donors (Lipinski definition) is 1. The first-order valence-electron chi connectivity index (χ1n) is 5.87. The van der Waals surface area contributed by atoms with E-state index in [4.69, 9.17) is 10.5 Å². The molecular weight excluding hydrogens is 249 g/mol. The summed E-state index contributed by atoms with van der Waals surface area (Å²) in [6.45, 7) is 6.32. The van der Waals surface area contributed by atoms with Crippen molar-refractivity contribution in [1.29, 1.82) is 0 Å². The Hall–Kier alpha value is -1.75. The van der Waals surface area contributed by atoms with Gasteiger partial charge in [-0.2, -0.15) is 0 Å². The molecule has 0 heterocycles. The highest BCUT2D eigenvalue weighted by atomic mass is 19.1. The van der Waals surface area contributed by atoms with Crippen molar-refractivity contribution in [3.63, 3.8) is 0 Å². The van der Waals surface area contributed by atoms with Crippen LogP contribution >= 0.6 is 0 Å². The van der Waals surface area contributed by atoms with Crippen LogP contribution in [0.3, 0.4) is 0 Å². The predicted octanol–water partition coefficient (Wildman–Crippen LogP) is 2.12. The van der Waals surface area contributed by atoms with Crippen molar-refractivity contribution in [2.75, 3.05) is 0 Å². The first kappa shape index (κ1) is 15.3. The van der Waals surface area contributed by atoms with Crippen molar-refractivity contribution in [1.82, 2.24) is 0 Å². The fourth-order valence-electron chi connectivity index (χ4n) is 1.26. The summed E-state index contributed by atoms with van der Waals surface area (Å²) in [6.07, 6.45) is 0. The van der Waals surface area contributed by atoms with Crippen molar-refractivity contribution >= 4 is 11.9 Å². The van der Waals surface area contributed by atoms with Gasteiger partial charge in [0.25, 0.3) is 0 Å². The Morgan fingerprint density at radius 1 is 1.05 bits per heavy atom. The van der Waals surface area contributed by atoms with Crippen molar-refractivity contribution in [2.24, 2.45) is 11.1 Å². The third-order valence-electron chi connectivity index (χ3n) is 2.67. The van der Waals surface area contributed by atoms with Crippen LogP contribution in [0.4, 0.5) is 4.39 Å². The van der Waals surface area contributed by atoms with E-state index >= 15 is 0 Å². The molecule has 19 heavy (non-hydrogen) atoms. The zero-order valence-electron chi connectivity index (χ0n) is 11.5. The average molecular weight is 267 g/mol. The van der Waals surface area contributed by atoms with Gasteiger partial charge in [-0.15, -0.1) is 0 Å². The minimum absolute atomic E-state index is 0.376. The number of benzene rings is 1. The summed E-state index contributed by atoms with van der Waals surface area (Å²) < 4.78 is 17.6. The first-order chi connectivity index (χ1) is 8.55. The maximum atomic E-state index is 12.8. The van der Waals surface area contributed by atoms with Gasteiger partial charge in [0.1, 0.15) is 11.4 Å². The molecule has 1 aromatic rings. The van der Waals surface area contributed by atoms with Crippen LogP contribution in [0.2, 0.25) is 0 Å². The molecule has 0 saturated heterocycles. The Morgan fingerprint density at radius 2 is 1.53 bits per heavy atom. The van der Waals surface area contributed by atoms with Gasteiger partial charge in [0.05, 0.1) is 5.41 Å². The fraction of sp³-hybridized carbons (Fsp3) is 0.429. The molecule has 0 spiro atoms. The molecule has 0 aliphatic rings. The SMILES string of the molecule is CC(C)(C)C(=O)OC(=O)C(C)(N)c1ccc(F)cc1. The molecule has 1 unspecified atom stereocenters. The Kier molecular flexibility index (Phi) is 4.10. The lowest BCUT2D eigenvalue weighted by Gasteiger charge is -2.24. The Balaban J connectivity index is 2.91. The normalized spacial score (nSPS) is 14.6. The maximum Gasteiger partial charge on any atom is 0.338 e. The molecule has 2 N–H and O–H groups in total. The molecule has 0 saturated carbocycles. The van der Waals surface area contributed by atoms with E-state index in [1.54, 1.807) is 20.8 Å². The molecule has 0 bridgehead atoms. The summed E-state index contributed by atoms with van der Waals surface area (Å²) >= 11 is 0. The summed E-state index contributed by atoms with van der Waals surface area (Å²) in [7, 11) is 0. The van der Waals surface area contributed by atoms with Crippen LogP contribution in [0.5, 0.6) is 0 Å². The highest BCUT2D eigenvalue weighted by Crippen LogP contribution is 2.22. The summed E-state index contributed by atoms with van der Waals surface area (Å²) in [5.74, 6) is -1.95. The molecule has 1 rings (SSSR count). The molecule has 0 aliphatic heterocycles.